The molecule has 0 saturated heterocycles. The number of hydrogen-bond acceptors (Lipinski definition) is 9. The molecule has 0 radical (unpaired) electrons. The SMILES string of the molecule is COc1ccc(C[C@H](NC(=O)C2CCC(N)CC2)C(=O)N[C@@H](Cc2cnc[nH]2)C(=O)N[C@@H](CC2CCCCC2)[C@@H](O)[C@@H](O)CCc2ccccn2)cc1. The standard InChI is InChI=1S/C40H57N7O6/c1-53-32-17-10-27(11-18-32)22-34(46-38(50)28-12-14-29(41)15-13-28)39(51)47-35(23-31-24-42-25-44-31)40(52)45-33(21-26-7-3-2-4-8-26)37(49)36(48)19-16-30-9-5-6-20-43-30/h5-6,9-11,17-18,20,24-26,28-29,33-37,48-49H,2-4,7-8,12-16,19,21-23,41H2,1H3,(H,42,44)(H,45,52)(H,46,50)(H,47,51)/t28?,29?,33-,34-,35-,36-,37+/m0/s1. The van der Waals surface area contributed by atoms with Gasteiger partial charge in [0.15, 0.2) is 0 Å². The Labute approximate surface area is 312 Å². The minimum Gasteiger partial charge on any atom is -0.497 e. The number of benzene rings is 1. The molecule has 1 aromatic carbocycles. The number of aromatic amines is 1. The molecule has 2 aliphatic rings. The number of nitrogens with two attached hydrogens (primary N) is 1. The van der Waals surface area contributed by atoms with Crippen LogP contribution in [0.15, 0.2) is 61.2 Å². The second kappa shape index (κ2) is 20.2. The molecule has 0 aliphatic heterocycles. The lowest BCUT2D eigenvalue weighted by Crippen LogP contribution is -2.58. The molecular formula is C40H57N7O6. The van der Waals surface area contributed by atoms with E-state index in [1.54, 1.807) is 31.6 Å². The molecule has 5 rings (SSSR count). The van der Waals surface area contributed by atoms with Gasteiger partial charge < -0.3 is 41.6 Å². The summed E-state index contributed by atoms with van der Waals surface area (Å²) in [4.78, 5) is 53.4. The molecule has 53 heavy (non-hydrogen) atoms. The first kappa shape index (κ1) is 39.9. The Bertz CT molecular complexity index is 1540. The zero-order valence-electron chi connectivity index (χ0n) is 30.8. The van der Waals surface area contributed by atoms with Gasteiger partial charge in [0.05, 0.1) is 25.6 Å². The molecule has 8 N–H and O–H groups in total. The van der Waals surface area contributed by atoms with Crippen molar-refractivity contribution in [2.24, 2.45) is 17.6 Å². The van der Waals surface area contributed by atoms with Crippen LogP contribution in [0.4, 0.5) is 0 Å². The zero-order valence-corrected chi connectivity index (χ0v) is 30.8. The molecule has 0 bridgehead atoms. The fraction of sp³-hybridized carbons (Fsp3) is 0.575. The van der Waals surface area contributed by atoms with Crippen molar-refractivity contribution in [2.75, 3.05) is 7.11 Å². The number of H-pyrrole nitrogens is 1. The monoisotopic (exact) mass is 731 g/mol. The first-order chi connectivity index (χ1) is 25.7. The number of imidazole rings is 1. The van der Waals surface area contributed by atoms with Crippen LogP contribution in [0.1, 0.15) is 87.6 Å². The maximum Gasteiger partial charge on any atom is 0.243 e. The van der Waals surface area contributed by atoms with Crippen LogP contribution < -0.4 is 26.4 Å². The Hall–Kier alpha value is -4.33. The van der Waals surface area contributed by atoms with Crippen LogP contribution >= 0.6 is 0 Å². The van der Waals surface area contributed by atoms with Crippen molar-refractivity contribution in [3.63, 3.8) is 0 Å². The summed E-state index contributed by atoms with van der Waals surface area (Å²) in [6.45, 7) is 0. The fourth-order valence-electron chi connectivity index (χ4n) is 7.61. The van der Waals surface area contributed by atoms with Gasteiger partial charge in [-0.05, 0) is 80.7 Å². The highest BCUT2D eigenvalue weighted by Crippen LogP contribution is 2.29. The highest BCUT2D eigenvalue weighted by molar-refractivity contribution is 5.93. The van der Waals surface area contributed by atoms with Crippen LogP contribution in [0.2, 0.25) is 0 Å². The summed E-state index contributed by atoms with van der Waals surface area (Å²) in [7, 11) is 1.58. The van der Waals surface area contributed by atoms with Crippen molar-refractivity contribution >= 4 is 17.7 Å². The summed E-state index contributed by atoms with van der Waals surface area (Å²) in [5.74, 6) is -0.528. The number of carbonyl (C=O) groups excluding carboxylic acids is 3. The number of hydrogen-bond donors (Lipinski definition) is 7. The first-order valence-corrected chi connectivity index (χ1v) is 19.2. The molecule has 288 valence electrons. The Balaban J connectivity index is 1.33. The maximum atomic E-state index is 14.2. The summed E-state index contributed by atoms with van der Waals surface area (Å²) in [5, 5.41) is 31.6. The van der Waals surface area contributed by atoms with Gasteiger partial charge in [-0.2, -0.15) is 0 Å². The van der Waals surface area contributed by atoms with E-state index in [2.05, 4.69) is 30.9 Å². The van der Waals surface area contributed by atoms with Crippen molar-refractivity contribution < 1.29 is 29.3 Å². The fourth-order valence-corrected chi connectivity index (χ4v) is 7.61. The number of methoxy groups -OCH3 is 1. The van der Waals surface area contributed by atoms with E-state index in [0.717, 1.165) is 56.2 Å². The van der Waals surface area contributed by atoms with Crippen LogP contribution in [-0.2, 0) is 33.6 Å². The van der Waals surface area contributed by atoms with Crippen molar-refractivity contribution in [3.05, 3.63) is 78.1 Å². The summed E-state index contributed by atoms with van der Waals surface area (Å²) in [5.41, 5.74) is 8.32. The van der Waals surface area contributed by atoms with E-state index in [4.69, 9.17) is 10.5 Å². The summed E-state index contributed by atoms with van der Waals surface area (Å²) in [6.07, 6.45) is 12.0. The third kappa shape index (κ3) is 12.4. The normalized spacial score (nSPS) is 20.7. The molecule has 2 heterocycles. The van der Waals surface area contributed by atoms with Crippen molar-refractivity contribution in [2.45, 2.75) is 126 Å². The van der Waals surface area contributed by atoms with E-state index in [1.807, 2.05) is 30.3 Å². The third-order valence-electron chi connectivity index (χ3n) is 10.9. The van der Waals surface area contributed by atoms with E-state index < -0.39 is 42.1 Å². The number of pyridine rings is 1. The van der Waals surface area contributed by atoms with Crippen LogP contribution in [-0.4, -0.2) is 86.4 Å². The second-order valence-electron chi connectivity index (χ2n) is 14.8. The molecule has 2 saturated carbocycles. The predicted octanol–water partition coefficient (Wildman–Crippen LogP) is 2.90. The number of ether oxygens (including phenoxy) is 1. The quantitative estimate of drug-likeness (QED) is 0.103. The van der Waals surface area contributed by atoms with Crippen molar-refractivity contribution in [1.29, 1.82) is 0 Å². The minimum atomic E-state index is -1.24. The van der Waals surface area contributed by atoms with Gasteiger partial charge in [-0.3, -0.25) is 19.4 Å². The number of amides is 3. The highest BCUT2D eigenvalue weighted by Gasteiger charge is 2.35. The van der Waals surface area contributed by atoms with Gasteiger partial charge >= 0.3 is 0 Å². The number of aliphatic hydroxyl groups excluding tert-OH is 2. The number of aliphatic hydroxyl groups is 2. The van der Waals surface area contributed by atoms with Gasteiger partial charge in [-0.25, -0.2) is 4.98 Å². The van der Waals surface area contributed by atoms with Crippen molar-refractivity contribution in [1.82, 2.24) is 30.9 Å². The van der Waals surface area contributed by atoms with Gasteiger partial charge in [0.1, 0.15) is 23.9 Å². The van der Waals surface area contributed by atoms with Crippen LogP contribution in [0.5, 0.6) is 5.75 Å². The van der Waals surface area contributed by atoms with Crippen LogP contribution in [0.3, 0.4) is 0 Å². The van der Waals surface area contributed by atoms with Crippen LogP contribution in [0.25, 0.3) is 0 Å². The number of aryl methyl sites for hydroxylation is 1. The highest BCUT2D eigenvalue weighted by atomic mass is 16.5. The van der Waals surface area contributed by atoms with Gasteiger partial charge in [0.2, 0.25) is 17.7 Å². The molecule has 3 amide bonds. The zero-order chi connectivity index (χ0) is 37.6. The molecule has 2 fully saturated rings. The lowest BCUT2D eigenvalue weighted by atomic mass is 9.82. The Morgan fingerprint density at radius 1 is 0.906 bits per heavy atom. The second-order valence-corrected chi connectivity index (χ2v) is 14.8. The lowest BCUT2D eigenvalue weighted by Gasteiger charge is -2.33. The van der Waals surface area contributed by atoms with E-state index in [0.29, 0.717) is 37.1 Å². The number of rotatable bonds is 18. The number of nitrogens with zero attached hydrogens (tertiary/aromatic N) is 2. The molecule has 2 aliphatic carbocycles. The van der Waals surface area contributed by atoms with E-state index in [1.165, 1.54) is 6.33 Å². The number of nitrogens with one attached hydrogen (secondary N) is 4. The van der Waals surface area contributed by atoms with E-state index in [-0.39, 0.29) is 43.0 Å². The van der Waals surface area contributed by atoms with Gasteiger partial charge in [-0.15, -0.1) is 0 Å². The predicted molar refractivity (Wildman–Crippen MR) is 200 cm³/mol. The minimum absolute atomic E-state index is 0.0710. The number of carbonyl (C=O) groups is 3. The topological polar surface area (TPSA) is 205 Å². The van der Waals surface area contributed by atoms with Gasteiger partial charge in [-0.1, -0.05) is 50.3 Å². The Morgan fingerprint density at radius 2 is 1.62 bits per heavy atom. The van der Waals surface area contributed by atoms with Gasteiger partial charge in [0.25, 0.3) is 0 Å². The Kier molecular flexibility index (Phi) is 15.2. The third-order valence-corrected chi connectivity index (χ3v) is 10.9. The molecule has 5 atom stereocenters. The molecule has 0 unspecified atom stereocenters. The smallest absolute Gasteiger partial charge is 0.243 e. The first-order valence-electron chi connectivity index (χ1n) is 19.2. The maximum absolute atomic E-state index is 14.2. The summed E-state index contributed by atoms with van der Waals surface area (Å²) < 4.78 is 5.30. The van der Waals surface area contributed by atoms with E-state index in [9.17, 15) is 24.6 Å². The Morgan fingerprint density at radius 3 is 2.28 bits per heavy atom. The largest absolute Gasteiger partial charge is 0.497 e. The van der Waals surface area contributed by atoms with Gasteiger partial charge in [0, 0.05) is 48.6 Å². The molecular weight excluding hydrogens is 674 g/mol. The number of aromatic nitrogens is 3. The lowest BCUT2D eigenvalue weighted by molar-refractivity contribution is -0.134. The average molecular weight is 732 g/mol. The van der Waals surface area contributed by atoms with Crippen LogP contribution in [0, 0.1) is 11.8 Å². The van der Waals surface area contributed by atoms with E-state index >= 15 is 0 Å². The molecule has 13 heteroatoms. The average Bonchev–Trinajstić information content (AvgIpc) is 3.70. The molecule has 3 aromatic rings. The molecule has 0 spiro atoms. The molecule has 13 nitrogen and oxygen atoms in total. The molecule has 2 aromatic heterocycles. The summed E-state index contributed by atoms with van der Waals surface area (Å²) >= 11 is 0. The van der Waals surface area contributed by atoms with Crippen molar-refractivity contribution in [3.8, 4) is 5.75 Å². The summed E-state index contributed by atoms with van der Waals surface area (Å²) in [6, 6.07) is 10.1.